The number of ether oxygens (including phenoxy) is 1. The fourth-order valence-corrected chi connectivity index (χ4v) is 1.63. The van der Waals surface area contributed by atoms with Crippen LogP contribution in [0.25, 0.3) is 0 Å². The number of carbonyl (C=O) groups excluding carboxylic acids is 1. The van der Waals surface area contributed by atoms with Gasteiger partial charge in [0.25, 0.3) is 0 Å². The minimum atomic E-state index is -0.786. The van der Waals surface area contributed by atoms with Gasteiger partial charge < -0.3 is 15.4 Å². The van der Waals surface area contributed by atoms with Gasteiger partial charge in [-0.25, -0.2) is 0 Å². The lowest BCUT2D eigenvalue weighted by Crippen LogP contribution is -2.35. The third kappa shape index (κ3) is 10.4. The lowest BCUT2D eigenvalue weighted by atomic mass is 10.3. The van der Waals surface area contributed by atoms with Crippen LogP contribution in [0.5, 0.6) is 0 Å². The first-order valence-electron chi connectivity index (χ1n) is 5.86. The van der Waals surface area contributed by atoms with Crippen LogP contribution in [0.2, 0.25) is 0 Å². The molecule has 2 atom stereocenters. The van der Waals surface area contributed by atoms with Crippen molar-refractivity contribution in [3.8, 4) is 0 Å². The third-order valence-corrected chi connectivity index (χ3v) is 3.80. The summed E-state index contributed by atoms with van der Waals surface area (Å²) in [5, 5.41) is 5.99. The molecule has 102 valence electrons. The van der Waals surface area contributed by atoms with E-state index in [2.05, 4.69) is 10.6 Å². The fraction of sp³-hybridized carbons (Fsp3) is 0.909. The van der Waals surface area contributed by atoms with E-state index in [1.54, 1.807) is 13.4 Å². The topological polar surface area (TPSA) is 67.4 Å². The van der Waals surface area contributed by atoms with E-state index in [1.807, 2.05) is 6.92 Å². The summed E-state index contributed by atoms with van der Waals surface area (Å²) in [6.07, 6.45) is 3.35. The highest BCUT2D eigenvalue weighted by atomic mass is 32.2. The van der Waals surface area contributed by atoms with Gasteiger partial charge >= 0.3 is 0 Å². The van der Waals surface area contributed by atoms with Crippen LogP contribution < -0.4 is 10.6 Å². The Morgan fingerprint density at radius 2 is 2.12 bits per heavy atom. The van der Waals surface area contributed by atoms with Crippen molar-refractivity contribution in [3.63, 3.8) is 0 Å². The second kappa shape index (κ2) is 10.7. The van der Waals surface area contributed by atoms with Crippen molar-refractivity contribution in [2.45, 2.75) is 25.0 Å². The number of amides is 1. The summed E-state index contributed by atoms with van der Waals surface area (Å²) in [6.45, 7) is 4.28. The first-order valence-corrected chi connectivity index (χ1v) is 7.48. The quantitative estimate of drug-likeness (QED) is 0.540. The smallest absolute Gasteiger partial charge is 0.233 e. The van der Waals surface area contributed by atoms with Gasteiger partial charge in [0.2, 0.25) is 5.91 Å². The van der Waals surface area contributed by atoms with E-state index in [1.165, 1.54) is 0 Å². The Bertz CT molecular complexity index is 237. The number of carbonyl (C=O) groups is 1. The van der Waals surface area contributed by atoms with Crippen molar-refractivity contribution >= 4 is 16.7 Å². The summed E-state index contributed by atoms with van der Waals surface area (Å²) in [6, 6.07) is 0. The number of hydrogen-bond donors (Lipinski definition) is 2. The number of methoxy groups -OCH3 is 1. The zero-order valence-corrected chi connectivity index (χ0v) is 11.8. The molecule has 2 unspecified atom stereocenters. The van der Waals surface area contributed by atoms with Gasteiger partial charge in [0.1, 0.15) is 0 Å². The van der Waals surface area contributed by atoms with Crippen molar-refractivity contribution in [2.75, 3.05) is 39.6 Å². The van der Waals surface area contributed by atoms with Gasteiger partial charge in [0.05, 0.1) is 6.54 Å². The van der Waals surface area contributed by atoms with Gasteiger partial charge in [0.15, 0.2) is 0 Å². The molecule has 0 bridgehead atoms. The molecule has 0 aliphatic heterocycles. The van der Waals surface area contributed by atoms with Gasteiger partial charge in [-0.1, -0.05) is 6.92 Å². The molecule has 0 saturated carbocycles. The van der Waals surface area contributed by atoms with Crippen LogP contribution in [-0.2, 0) is 20.3 Å². The number of rotatable bonds is 10. The summed E-state index contributed by atoms with van der Waals surface area (Å²) < 4.78 is 15.9. The molecular formula is C11H24N2O3S. The molecular weight excluding hydrogens is 240 g/mol. The monoisotopic (exact) mass is 264 g/mol. The highest BCUT2D eigenvalue weighted by Gasteiger charge is 2.05. The van der Waals surface area contributed by atoms with Crippen LogP contribution in [0.15, 0.2) is 0 Å². The Morgan fingerprint density at radius 1 is 1.41 bits per heavy atom. The van der Waals surface area contributed by atoms with Crippen LogP contribution in [0, 0.1) is 0 Å². The Kier molecular flexibility index (Phi) is 10.4. The van der Waals surface area contributed by atoms with Crippen LogP contribution in [0.3, 0.4) is 0 Å². The van der Waals surface area contributed by atoms with E-state index in [9.17, 15) is 9.00 Å². The standard InChI is InChI=1S/C11H24N2O3S/c1-10(17(3)15)5-7-12-9-11(14)13-6-4-8-16-2/h10,12H,4-9H2,1-3H3,(H,13,14). The van der Waals surface area contributed by atoms with Gasteiger partial charge in [-0.2, -0.15) is 0 Å². The Morgan fingerprint density at radius 3 is 2.71 bits per heavy atom. The summed E-state index contributed by atoms with van der Waals surface area (Å²) >= 11 is 0. The zero-order valence-electron chi connectivity index (χ0n) is 11.0. The van der Waals surface area contributed by atoms with Crippen molar-refractivity contribution in [2.24, 2.45) is 0 Å². The molecule has 6 heteroatoms. The average Bonchev–Trinajstić information content (AvgIpc) is 2.29. The first kappa shape index (κ1) is 16.5. The predicted octanol–water partition coefficient (Wildman–Crippen LogP) is -0.114. The number of hydrogen-bond acceptors (Lipinski definition) is 4. The second-order valence-electron chi connectivity index (χ2n) is 3.97. The van der Waals surface area contributed by atoms with Crippen molar-refractivity contribution in [1.29, 1.82) is 0 Å². The van der Waals surface area contributed by atoms with Crippen LogP contribution in [0.1, 0.15) is 19.8 Å². The first-order chi connectivity index (χ1) is 8.07. The summed E-state index contributed by atoms with van der Waals surface area (Å²) in [5.74, 6) is -0.00798. The fourth-order valence-electron chi connectivity index (χ4n) is 1.18. The third-order valence-electron chi connectivity index (χ3n) is 2.43. The molecule has 0 aromatic heterocycles. The van der Waals surface area contributed by atoms with E-state index >= 15 is 0 Å². The zero-order chi connectivity index (χ0) is 13.1. The molecule has 0 spiro atoms. The Balaban J connectivity index is 3.36. The average molecular weight is 264 g/mol. The van der Waals surface area contributed by atoms with Crippen LogP contribution in [-0.4, -0.2) is 55.0 Å². The molecule has 0 rings (SSSR count). The molecule has 5 nitrogen and oxygen atoms in total. The van der Waals surface area contributed by atoms with Crippen molar-refractivity contribution in [3.05, 3.63) is 0 Å². The van der Waals surface area contributed by atoms with E-state index in [-0.39, 0.29) is 11.2 Å². The second-order valence-corrected chi connectivity index (χ2v) is 5.77. The molecule has 17 heavy (non-hydrogen) atoms. The van der Waals surface area contributed by atoms with Crippen LogP contribution >= 0.6 is 0 Å². The van der Waals surface area contributed by atoms with Crippen molar-refractivity contribution < 1.29 is 13.7 Å². The van der Waals surface area contributed by atoms with E-state index < -0.39 is 10.8 Å². The maximum atomic E-state index is 11.3. The molecule has 2 N–H and O–H groups in total. The summed E-state index contributed by atoms with van der Waals surface area (Å²) in [4.78, 5) is 11.3. The Hall–Kier alpha value is -0.460. The van der Waals surface area contributed by atoms with Gasteiger partial charge in [-0.15, -0.1) is 0 Å². The molecule has 0 aromatic carbocycles. The SMILES string of the molecule is COCCCNC(=O)CNCCC(C)S(C)=O. The molecule has 0 radical (unpaired) electrons. The summed E-state index contributed by atoms with van der Waals surface area (Å²) in [7, 11) is 0.855. The number of nitrogens with one attached hydrogen (secondary N) is 2. The van der Waals surface area contributed by atoms with Crippen LogP contribution in [0.4, 0.5) is 0 Å². The van der Waals surface area contributed by atoms with E-state index in [0.29, 0.717) is 26.2 Å². The highest BCUT2D eigenvalue weighted by molar-refractivity contribution is 7.84. The highest BCUT2D eigenvalue weighted by Crippen LogP contribution is 1.96. The molecule has 0 aromatic rings. The lowest BCUT2D eigenvalue weighted by Gasteiger charge is -2.09. The maximum absolute atomic E-state index is 11.3. The summed E-state index contributed by atoms with van der Waals surface area (Å²) in [5.41, 5.74) is 0. The largest absolute Gasteiger partial charge is 0.385 e. The minimum Gasteiger partial charge on any atom is -0.385 e. The molecule has 0 aliphatic rings. The minimum absolute atomic E-state index is 0.00798. The molecule has 0 heterocycles. The molecule has 1 amide bonds. The molecule has 0 fully saturated rings. The van der Waals surface area contributed by atoms with E-state index in [4.69, 9.17) is 4.74 Å². The Labute approximate surface area is 106 Å². The normalized spacial score (nSPS) is 14.3. The molecule has 0 aliphatic carbocycles. The van der Waals surface area contributed by atoms with Crippen molar-refractivity contribution in [1.82, 2.24) is 10.6 Å². The van der Waals surface area contributed by atoms with Gasteiger partial charge in [-0.3, -0.25) is 9.00 Å². The van der Waals surface area contributed by atoms with E-state index in [0.717, 1.165) is 12.8 Å². The van der Waals surface area contributed by atoms with Gasteiger partial charge in [0, 0.05) is 42.6 Å². The predicted molar refractivity (Wildman–Crippen MR) is 70.5 cm³/mol. The molecule has 0 saturated heterocycles. The van der Waals surface area contributed by atoms with Gasteiger partial charge in [-0.05, 0) is 19.4 Å². The maximum Gasteiger partial charge on any atom is 0.233 e. The lowest BCUT2D eigenvalue weighted by molar-refractivity contribution is -0.120.